The number of thioether (sulfide) groups is 1. The van der Waals surface area contributed by atoms with Crippen LogP contribution < -0.4 is 20.4 Å². The highest BCUT2D eigenvalue weighted by atomic mass is 32.2. The molecule has 1 atom stereocenters. The third kappa shape index (κ3) is 6.06. The minimum absolute atomic E-state index is 0.0830. The van der Waals surface area contributed by atoms with E-state index in [0.717, 1.165) is 5.56 Å². The summed E-state index contributed by atoms with van der Waals surface area (Å²) in [7, 11) is 1.53. The minimum Gasteiger partial charge on any atom is -0.497 e. The van der Waals surface area contributed by atoms with E-state index in [9.17, 15) is 14.4 Å². The van der Waals surface area contributed by atoms with E-state index in [0.29, 0.717) is 45.2 Å². The Kier molecular flexibility index (Phi) is 8.35. The van der Waals surface area contributed by atoms with Crippen molar-refractivity contribution in [1.29, 1.82) is 0 Å². The molecule has 4 aromatic rings. The molecule has 4 rings (SSSR count). The van der Waals surface area contributed by atoms with Gasteiger partial charge >= 0.3 is 17.7 Å². The third-order valence-electron chi connectivity index (χ3n) is 5.90. The molecule has 1 N–H and O–H groups in total. The van der Waals surface area contributed by atoms with Gasteiger partial charge in [-0.1, -0.05) is 30.3 Å². The predicted molar refractivity (Wildman–Crippen MR) is 143 cm³/mol. The number of esters is 1. The van der Waals surface area contributed by atoms with Crippen LogP contribution in [0.5, 0.6) is 11.5 Å². The summed E-state index contributed by atoms with van der Waals surface area (Å²) in [6, 6.07) is 16.9. The first-order chi connectivity index (χ1) is 17.9. The number of rotatable bonds is 9. The highest BCUT2D eigenvalue weighted by Crippen LogP contribution is 2.32. The van der Waals surface area contributed by atoms with Gasteiger partial charge in [0, 0.05) is 16.3 Å². The Morgan fingerprint density at radius 1 is 1.03 bits per heavy atom. The van der Waals surface area contributed by atoms with Crippen LogP contribution in [0, 0.1) is 6.92 Å². The molecule has 1 heterocycles. The number of ether oxygens (including phenoxy) is 3. The Hall–Kier alpha value is -3.98. The maximum absolute atomic E-state index is 13.1. The molecule has 9 heteroatoms. The second-order valence-electron chi connectivity index (χ2n) is 8.33. The van der Waals surface area contributed by atoms with Gasteiger partial charge in [0.1, 0.15) is 29.7 Å². The van der Waals surface area contributed by atoms with Gasteiger partial charge in [0.05, 0.1) is 12.5 Å². The molecule has 1 unspecified atom stereocenters. The van der Waals surface area contributed by atoms with Gasteiger partial charge in [-0.2, -0.15) is 11.8 Å². The Morgan fingerprint density at radius 3 is 2.51 bits per heavy atom. The number of carbonyl (C=O) groups excluding carboxylic acids is 2. The molecule has 3 aromatic carbocycles. The van der Waals surface area contributed by atoms with Crippen molar-refractivity contribution in [3.8, 4) is 11.5 Å². The fourth-order valence-electron chi connectivity index (χ4n) is 3.90. The van der Waals surface area contributed by atoms with Crippen LogP contribution in [0.4, 0.5) is 4.79 Å². The molecule has 0 fully saturated rings. The second kappa shape index (κ2) is 11.8. The van der Waals surface area contributed by atoms with E-state index < -0.39 is 23.7 Å². The monoisotopic (exact) mass is 521 g/mol. The van der Waals surface area contributed by atoms with Crippen molar-refractivity contribution in [1.82, 2.24) is 5.32 Å². The maximum Gasteiger partial charge on any atom is 0.408 e. The molecule has 8 nitrogen and oxygen atoms in total. The molecule has 0 aliphatic heterocycles. The minimum atomic E-state index is -0.915. The summed E-state index contributed by atoms with van der Waals surface area (Å²) in [4.78, 5) is 38.1. The zero-order chi connectivity index (χ0) is 26.4. The van der Waals surface area contributed by atoms with Crippen molar-refractivity contribution in [3.63, 3.8) is 0 Å². The first-order valence-corrected chi connectivity index (χ1v) is 13.0. The average Bonchev–Trinajstić information content (AvgIpc) is 2.92. The fourth-order valence-corrected chi connectivity index (χ4v) is 4.37. The quantitative estimate of drug-likeness (QED) is 0.138. The number of aryl methyl sites for hydroxylation is 1. The number of hydrogen-bond donors (Lipinski definition) is 1. The zero-order valence-corrected chi connectivity index (χ0v) is 21.6. The normalized spacial score (nSPS) is 11.8. The van der Waals surface area contributed by atoms with Crippen LogP contribution in [-0.2, 0) is 16.1 Å². The van der Waals surface area contributed by atoms with Crippen LogP contribution in [0.2, 0.25) is 0 Å². The number of methoxy groups -OCH3 is 1. The highest BCUT2D eigenvalue weighted by Gasteiger charge is 2.25. The zero-order valence-electron chi connectivity index (χ0n) is 20.7. The van der Waals surface area contributed by atoms with Crippen LogP contribution in [0.15, 0.2) is 69.9 Å². The molecular formula is C28H27NO7S. The predicted octanol–water partition coefficient (Wildman–Crippen LogP) is 5.22. The van der Waals surface area contributed by atoms with Crippen molar-refractivity contribution in [3.05, 3.63) is 82.2 Å². The van der Waals surface area contributed by atoms with E-state index in [1.54, 1.807) is 49.0 Å². The number of nitrogens with one attached hydrogen (secondary N) is 1. The third-order valence-corrected chi connectivity index (χ3v) is 6.54. The maximum atomic E-state index is 13.1. The van der Waals surface area contributed by atoms with E-state index in [1.165, 1.54) is 7.11 Å². The van der Waals surface area contributed by atoms with Gasteiger partial charge < -0.3 is 23.9 Å². The molecule has 1 aromatic heterocycles. The van der Waals surface area contributed by atoms with Crippen LogP contribution in [0.25, 0.3) is 21.7 Å². The second-order valence-corrected chi connectivity index (χ2v) is 9.31. The molecule has 0 saturated carbocycles. The van der Waals surface area contributed by atoms with Gasteiger partial charge in [0.15, 0.2) is 0 Å². The molecule has 0 saturated heterocycles. The van der Waals surface area contributed by atoms with Gasteiger partial charge in [-0.05, 0) is 61.2 Å². The van der Waals surface area contributed by atoms with E-state index in [4.69, 9.17) is 18.6 Å². The first kappa shape index (κ1) is 26.1. The first-order valence-electron chi connectivity index (χ1n) is 11.6. The number of benzene rings is 3. The smallest absolute Gasteiger partial charge is 0.408 e. The molecule has 0 spiro atoms. The molecule has 0 aliphatic carbocycles. The van der Waals surface area contributed by atoms with Crippen molar-refractivity contribution >= 4 is 45.6 Å². The average molecular weight is 522 g/mol. The summed E-state index contributed by atoms with van der Waals surface area (Å²) >= 11 is 1.54. The summed E-state index contributed by atoms with van der Waals surface area (Å²) in [5.41, 5.74) is 1.13. The SMILES string of the molecule is COc1ccc2c(c1)c(=O)oc1c(C)c(OC(=O)C(CCSC)NC(=O)OCc3ccccc3)ccc12. The molecule has 0 aliphatic rings. The molecule has 0 bridgehead atoms. The standard InChI is InChI=1S/C28H27NO7S/c1-17-24(12-11-21-20-10-9-19(33-2)15-22(20)26(30)36-25(17)21)35-27(31)23(13-14-37-3)29-28(32)34-16-18-7-5-4-6-8-18/h4-12,15,23H,13-14,16H2,1-3H3,(H,29,32). The lowest BCUT2D eigenvalue weighted by Crippen LogP contribution is -2.43. The summed E-state index contributed by atoms with van der Waals surface area (Å²) in [5, 5.41) is 4.41. The summed E-state index contributed by atoms with van der Waals surface area (Å²) in [6.45, 7) is 1.79. The van der Waals surface area contributed by atoms with E-state index in [2.05, 4.69) is 5.32 Å². The van der Waals surface area contributed by atoms with Crippen LogP contribution in [-0.4, -0.2) is 37.2 Å². The van der Waals surface area contributed by atoms with Gasteiger partial charge in [0.25, 0.3) is 0 Å². The van der Waals surface area contributed by atoms with E-state index in [-0.39, 0.29) is 12.4 Å². The Morgan fingerprint density at radius 2 is 1.78 bits per heavy atom. The van der Waals surface area contributed by atoms with Gasteiger partial charge in [0.2, 0.25) is 0 Å². The number of carbonyl (C=O) groups is 2. The summed E-state index contributed by atoms with van der Waals surface area (Å²) in [5.74, 6) is 0.774. The van der Waals surface area contributed by atoms with E-state index in [1.807, 2.05) is 36.6 Å². The fraction of sp³-hybridized carbons (Fsp3) is 0.250. The largest absolute Gasteiger partial charge is 0.497 e. The summed E-state index contributed by atoms with van der Waals surface area (Å²) < 4.78 is 21.7. The number of alkyl carbamates (subject to hydrolysis) is 1. The lowest BCUT2D eigenvalue weighted by molar-refractivity contribution is -0.136. The molecule has 1 amide bonds. The Labute approximate surface area is 217 Å². The van der Waals surface area contributed by atoms with Crippen LogP contribution >= 0.6 is 11.8 Å². The van der Waals surface area contributed by atoms with Gasteiger partial charge in [-0.25, -0.2) is 14.4 Å². The van der Waals surface area contributed by atoms with Crippen molar-refractivity contribution in [2.24, 2.45) is 0 Å². The Balaban J connectivity index is 1.54. The summed E-state index contributed by atoms with van der Waals surface area (Å²) in [6.07, 6.45) is 1.55. The molecule has 0 radical (unpaired) electrons. The topological polar surface area (TPSA) is 104 Å². The number of amides is 1. The number of fused-ring (bicyclic) bond motifs is 3. The molecule has 192 valence electrons. The molecule has 37 heavy (non-hydrogen) atoms. The van der Waals surface area contributed by atoms with Gasteiger partial charge in [-0.15, -0.1) is 0 Å². The lowest BCUT2D eigenvalue weighted by atomic mass is 10.0. The lowest BCUT2D eigenvalue weighted by Gasteiger charge is -2.18. The van der Waals surface area contributed by atoms with Crippen LogP contribution in [0.3, 0.4) is 0 Å². The number of hydrogen-bond acceptors (Lipinski definition) is 8. The van der Waals surface area contributed by atoms with Crippen molar-refractivity contribution in [2.45, 2.75) is 26.0 Å². The Bertz CT molecular complexity index is 1480. The van der Waals surface area contributed by atoms with Crippen molar-refractivity contribution < 1.29 is 28.2 Å². The molecular weight excluding hydrogens is 494 g/mol. The van der Waals surface area contributed by atoms with Crippen LogP contribution in [0.1, 0.15) is 17.5 Å². The van der Waals surface area contributed by atoms with Crippen molar-refractivity contribution in [2.75, 3.05) is 19.1 Å². The van der Waals surface area contributed by atoms with Gasteiger partial charge in [-0.3, -0.25) is 0 Å². The highest BCUT2D eigenvalue weighted by molar-refractivity contribution is 7.98. The van der Waals surface area contributed by atoms with E-state index >= 15 is 0 Å².